The van der Waals surface area contributed by atoms with E-state index < -0.39 is 0 Å². The van der Waals surface area contributed by atoms with Crippen molar-refractivity contribution < 1.29 is 4.79 Å². The Hall–Kier alpha value is -0.360. The van der Waals surface area contributed by atoms with E-state index in [1.165, 1.54) is 17.1 Å². The zero-order valence-corrected chi connectivity index (χ0v) is 13.3. The summed E-state index contributed by atoms with van der Waals surface area (Å²) < 4.78 is 0.527. The summed E-state index contributed by atoms with van der Waals surface area (Å²) in [5.74, 6) is 2.50. The summed E-state index contributed by atoms with van der Waals surface area (Å²) in [5.41, 5.74) is 2.20. The van der Waals surface area contributed by atoms with Crippen molar-refractivity contribution in [3.05, 3.63) is 29.8 Å². The van der Waals surface area contributed by atoms with Gasteiger partial charge in [0.2, 0.25) is 5.91 Å². The highest BCUT2D eigenvalue weighted by Gasteiger charge is 2.18. The van der Waals surface area contributed by atoms with Crippen molar-refractivity contribution in [3.8, 4) is 0 Å². The van der Waals surface area contributed by atoms with Crippen molar-refractivity contribution in [2.24, 2.45) is 0 Å². The Kier molecular flexibility index (Phi) is 7.68. The summed E-state index contributed by atoms with van der Waals surface area (Å²) in [5, 5.41) is 5.92. The second-order valence-corrected chi connectivity index (χ2v) is 6.83. The van der Waals surface area contributed by atoms with Gasteiger partial charge in [-0.1, -0.05) is 12.1 Å². The third kappa shape index (κ3) is 5.26. The minimum Gasteiger partial charge on any atom is -0.326 e. The molecule has 0 spiro atoms. The van der Waals surface area contributed by atoms with Crippen LogP contribution in [0, 0.1) is 0 Å². The zero-order valence-electron chi connectivity index (χ0n) is 10.8. The molecule has 1 saturated heterocycles. The molecule has 6 heteroatoms. The molecule has 1 aromatic rings. The van der Waals surface area contributed by atoms with Gasteiger partial charge >= 0.3 is 0 Å². The standard InChI is InChI=1S/C13H18N2OS2.ClH/c1-14-6-5-12(16)15-11-4-2-3-10(9-11)13-17-7-8-18-13;/h2-4,9,13-14H,5-8H2,1H3,(H,15,16);1H. The monoisotopic (exact) mass is 318 g/mol. The fourth-order valence-electron chi connectivity index (χ4n) is 1.78. The van der Waals surface area contributed by atoms with Gasteiger partial charge in [-0.15, -0.1) is 35.9 Å². The van der Waals surface area contributed by atoms with Crippen LogP contribution in [0.25, 0.3) is 0 Å². The van der Waals surface area contributed by atoms with Crippen LogP contribution in [0.2, 0.25) is 0 Å². The summed E-state index contributed by atoms with van der Waals surface area (Å²) in [4.78, 5) is 11.6. The Labute approximate surface area is 129 Å². The predicted octanol–water partition coefficient (Wildman–Crippen LogP) is 3.14. The number of halogens is 1. The molecule has 1 aliphatic heterocycles. The summed E-state index contributed by atoms with van der Waals surface area (Å²) in [6.07, 6.45) is 0.508. The van der Waals surface area contributed by atoms with Gasteiger partial charge in [0.05, 0.1) is 4.58 Å². The topological polar surface area (TPSA) is 41.1 Å². The molecule has 1 heterocycles. The summed E-state index contributed by atoms with van der Waals surface area (Å²) in [6, 6.07) is 8.19. The summed E-state index contributed by atoms with van der Waals surface area (Å²) >= 11 is 3.95. The molecular weight excluding hydrogens is 300 g/mol. The number of hydrogen-bond acceptors (Lipinski definition) is 4. The largest absolute Gasteiger partial charge is 0.326 e. The van der Waals surface area contributed by atoms with E-state index >= 15 is 0 Å². The molecule has 3 nitrogen and oxygen atoms in total. The second-order valence-electron chi connectivity index (χ2n) is 4.10. The molecule has 19 heavy (non-hydrogen) atoms. The van der Waals surface area contributed by atoms with E-state index in [1.807, 2.05) is 42.7 Å². The second kappa shape index (κ2) is 8.74. The maximum atomic E-state index is 11.6. The molecule has 0 radical (unpaired) electrons. The van der Waals surface area contributed by atoms with Gasteiger partial charge in [-0.2, -0.15) is 0 Å². The molecule has 0 saturated carbocycles. The molecule has 2 rings (SSSR count). The van der Waals surface area contributed by atoms with Crippen LogP contribution in [0.1, 0.15) is 16.6 Å². The van der Waals surface area contributed by atoms with Gasteiger partial charge < -0.3 is 10.6 Å². The van der Waals surface area contributed by atoms with Crippen LogP contribution < -0.4 is 10.6 Å². The predicted molar refractivity (Wildman–Crippen MR) is 88.5 cm³/mol. The maximum absolute atomic E-state index is 11.6. The number of nitrogens with one attached hydrogen (secondary N) is 2. The van der Waals surface area contributed by atoms with E-state index in [4.69, 9.17) is 0 Å². The van der Waals surface area contributed by atoms with Crippen LogP contribution >= 0.6 is 35.9 Å². The van der Waals surface area contributed by atoms with Crippen LogP contribution in [0.3, 0.4) is 0 Å². The number of hydrogen-bond donors (Lipinski definition) is 2. The molecule has 0 aliphatic carbocycles. The van der Waals surface area contributed by atoms with Crippen LogP contribution in [0.4, 0.5) is 5.69 Å². The number of thioether (sulfide) groups is 2. The van der Waals surface area contributed by atoms with Crippen LogP contribution in [0.5, 0.6) is 0 Å². The van der Waals surface area contributed by atoms with Crippen molar-refractivity contribution in [2.45, 2.75) is 11.0 Å². The molecule has 1 fully saturated rings. The fourth-order valence-corrected chi connectivity index (χ4v) is 4.61. The maximum Gasteiger partial charge on any atom is 0.225 e. The molecule has 0 aromatic heterocycles. The first-order valence-electron chi connectivity index (χ1n) is 6.07. The smallest absolute Gasteiger partial charge is 0.225 e. The van der Waals surface area contributed by atoms with E-state index in [0.29, 0.717) is 17.5 Å². The highest BCUT2D eigenvalue weighted by atomic mass is 35.5. The number of anilines is 1. The molecule has 1 aromatic carbocycles. The molecule has 1 amide bonds. The molecule has 0 unspecified atom stereocenters. The van der Waals surface area contributed by atoms with E-state index in [1.54, 1.807) is 0 Å². The Bertz CT molecular complexity index is 411. The van der Waals surface area contributed by atoms with Crippen molar-refractivity contribution in [1.29, 1.82) is 0 Å². The first kappa shape index (κ1) is 16.7. The Morgan fingerprint density at radius 2 is 2.11 bits per heavy atom. The molecule has 2 N–H and O–H groups in total. The van der Waals surface area contributed by atoms with Gasteiger partial charge in [0.25, 0.3) is 0 Å². The first-order valence-corrected chi connectivity index (χ1v) is 8.17. The van der Waals surface area contributed by atoms with Gasteiger partial charge in [0, 0.05) is 30.2 Å². The minimum atomic E-state index is 0. The average Bonchev–Trinajstić information content (AvgIpc) is 2.90. The van der Waals surface area contributed by atoms with Crippen LogP contribution in [-0.2, 0) is 4.79 Å². The van der Waals surface area contributed by atoms with Gasteiger partial charge in [0.15, 0.2) is 0 Å². The number of carbonyl (C=O) groups is 1. The highest BCUT2D eigenvalue weighted by Crippen LogP contribution is 2.45. The Balaban J connectivity index is 0.00000180. The molecule has 0 bridgehead atoms. The lowest BCUT2D eigenvalue weighted by Crippen LogP contribution is -2.18. The lowest BCUT2D eigenvalue weighted by molar-refractivity contribution is -0.116. The molecular formula is C13H19ClN2OS2. The number of rotatable bonds is 5. The number of carbonyl (C=O) groups excluding carboxylic acids is 1. The molecule has 0 atom stereocenters. The van der Waals surface area contributed by atoms with Crippen LogP contribution in [0.15, 0.2) is 24.3 Å². The Morgan fingerprint density at radius 1 is 1.37 bits per heavy atom. The van der Waals surface area contributed by atoms with Gasteiger partial charge in [0.1, 0.15) is 0 Å². The average molecular weight is 319 g/mol. The van der Waals surface area contributed by atoms with Crippen molar-refractivity contribution in [3.63, 3.8) is 0 Å². The minimum absolute atomic E-state index is 0. The highest BCUT2D eigenvalue weighted by molar-refractivity contribution is 8.19. The SMILES string of the molecule is CNCCC(=O)Nc1cccc(C2SCCS2)c1.Cl. The molecule has 106 valence electrons. The van der Waals surface area contributed by atoms with E-state index in [-0.39, 0.29) is 18.3 Å². The van der Waals surface area contributed by atoms with Gasteiger partial charge in [-0.25, -0.2) is 0 Å². The van der Waals surface area contributed by atoms with E-state index in [2.05, 4.69) is 22.8 Å². The first-order chi connectivity index (χ1) is 8.79. The third-order valence-electron chi connectivity index (χ3n) is 2.67. The Morgan fingerprint density at radius 3 is 2.79 bits per heavy atom. The van der Waals surface area contributed by atoms with Crippen molar-refractivity contribution in [2.75, 3.05) is 30.4 Å². The normalized spacial score (nSPS) is 15.0. The number of benzene rings is 1. The lowest BCUT2D eigenvalue weighted by Gasteiger charge is -2.11. The van der Waals surface area contributed by atoms with E-state index in [0.717, 1.165) is 5.69 Å². The van der Waals surface area contributed by atoms with Crippen molar-refractivity contribution >= 4 is 47.5 Å². The fraction of sp³-hybridized carbons (Fsp3) is 0.462. The summed E-state index contributed by atoms with van der Waals surface area (Å²) in [6.45, 7) is 0.708. The number of amides is 1. The van der Waals surface area contributed by atoms with Crippen LogP contribution in [-0.4, -0.2) is 31.0 Å². The quantitative estimate of drug-likeness (QED) is 0.875. The zero-order chi connectivity index (χ0) is 12.8. The van der Waals surface area contributed by atoms with Gasteiger partial charge in [-0.3, -0.25) is 4.79 Å². The lowest BCUT2D eigenvalue weighted by atomic mass is 10.2. The summed E-state index contributed by atoms with van der Waals surface area (Å²) in [7, 11) is 1.85. The van der Waals surface area contributed by atoms with E-state index in [9.17, 15) is 4.79 Å². The third-order valence-corrected chi connectivity index (χ3v) is 5.77. The molecule has 1 aliphatic rings. The van der Waals surface area contributed by atoms with Crippen molar-refractivity contribution in [1.82, 2.24) is 5.32 Å². The van der Waals surface area contributed by atoms with Gasteiger partial charge in [-0.05, 0) is 24.7 Å².